The Morgan fingerprint density at radius 2 is 1.91 bits per heavy atom. The highest BCUT2D eigenvalue weighted by Crippen LogP contribution is 2.34. The minimum Gasteiger partial charge on any atom is -0.406 e. The van der Waals surface area contributed by atoms with Crippen LogP contribution >= 0.6 is 23.4 Å². The summed E-state index contributed by atoms with van der Waals surface area (Å²) in [6.45, 7) is 5.53. The first-order valence-electron chi connectivity index (χ1n) is 14.5. The number of nitrogens with one attached hydrogen (secondary N) is 1. The number of halogens is 4. The number of alkyl halides is 3. The lowest BCUT2D eigenvalue weighted by molar-refractivity contribution is -0.274. The van der Waals surface area contributed by atoms with Crippen LogP contribution in [0.25, 0.3) is 17.1 Å². The average molecular weight is 657 g/mol. The quantitative estimate of drug-likeness (QED) is 0.173. The van der Waals surface area contributed by atoms with Crippen LogP contribution in [0.5, 0.6) is 5.75 Å². The normalized spacial score (nSPS) is 14.4. The van der Waals surface area contributed by atoms with E-state index in [0.29, 0.717) is 34.2 Å². The molecule has 1 fully saturated rings. The summed E-state index contributed by atoms with van der Waals surface area (Å²) in [5.74, 6) is 1.35. The molecule has 0 radical (unpaired) electrons. The van der Waals surface area contributed by atoms with Gasteiger partial charge < -0.3 is 15.0 Å². The maximum Gasteiger partial charge on any atom is 0.573 e. The monoisotopic (exact) mass is 656 g/mol. The Morgan fingerprint density at radius 3 is 2.67 bits per heavy atom. The van der Waals surface area contributed by atoms with Crippen LogP contribution in [-0.4, -0.2) is 51.2 Å². The molecule has 5 rings (SSSR count). The summed E-state index contributed by atoms with van der Waals surface area (Å²) >= 11 is 7.85. The van der Waals surface area contributed by atoms with Gasteiger partial charge in [-0.05, 0) is 78.8 Å². The molecule has 3 aromatic carbocycles. The van der Waals surface area contributed by atoms with Gasteiger partial charge in [-0.3, -0.25) is 0 Å². The van der Waals surface area contributed by atoms with E-state index in [9.17, 15) is 18.0 Å². The van der Waals surface area contributed by atoms with Gasteiger partial charge >= 0.3 is 12.4 Å². The van der Waals surface area contributed by atoms with Gasteiger partial charge in [-0.25, -0.2) is 14.5 Å². The lowest BCUT2D eigenvalue weighted by atomic mass is 10.0. The largest absolute Gasteiger partial charge is 0.573 e. The van der Waals surface area contributed by atoms with Crippen LogP contribution < -0.4 is 15.0 Å². The second kappa shape index (κ2) is 14.4. The van der Waals surface area contributed by atoms with Gasteiger partial charge in [0.2, 0.25) is 0 Å². The zero-order chi connectivity index (χ0) is 32.0. The molecule has 0 aliphatic carbocycles. The van der Waals surface area contributed by atoms with Crippen LogP contribution in [0, 0.1) is 0 Å². The fourth-order valence-electron chi connectivity index (χ4n) is 4.92. The van der Waals surface area contributed by atoms with Gasteiger partial charge in [-0.1, -0.05) is 61.5 Å². The van der Waals surface area contributed by atoms with Crippen molar-refractivity contribution in [3.05, 3.63) is 89.2 Å². The molecule has 236 valence electrons. The third-order valence-corrected chi connectivity index (χ3v) is 8.25. The molecule has 0 bridgehead atoms. The SMILES string of the molecule is CC(C)c1ccc(Cl)cc1N1CCS/C1=N\C(=O)NCCCCc1cccc(-c2ncn(-c3ccc(OC(F)(F)F)cc3)n2)c1. The van der Waals surface area contributed by atoms with Crippen LogP contribution in [0.3, 0.4) is 0 Å². The lowest BCUT2D eigenvalue weighted by Gasteiger charge is -2.23. The molecule has 1 aliphatic heterocycles. The molecular weight excluding hydrogens is 625 g/mol. The molecule has 0 unspecified atom stereocenters. The summed E-state index contributed by atoms with van der Waals surface area (Å²) in [5, 5.41) is 8.72. The van der Waals surface area contributed by atoms with Crippen molar-refractivity contribution >= 4 is 40.2 Å². The molecule has 8 nitrogen and oxygen atoms in total. The Hall–Kier alpha value is -4.03. The molecule has 1 aliphatic rings. The van der Waals surface area contributed by atoms with Crippen LogP contribution in [0.1, 0.15) is 43.7 Å². The summed E-state index contributed by atoms with van der Waals surface area (Å²) in [6, 6.07) is 18.8. The van der Waals surface area contributed by atoms with E-state index in [0.717, 1.165) is 53.9 Å². The Labute approximate surface area is 268 Å². The van der Waals surface area contributed by atoms with Crippen molar-refractivity contribution in [1.82, 2.24) is 20.1 Å². The van der Waals surface area contributed by atoms with Gasteiger partial charge in [0.25, 0.3) is 0 Å². The minimum atomic E-state index is -4.75. The molecule has 13 heteroatoms. The number of carbonyl (C=O) groups excluding carboxylic acids is 1. The summed E-state index contributed by atoms with van der Waals surface area (Å²) in [7, 11) is 0. The van der Waals surface area contributed by atoms with E-state index in [-0.39, 0.29) is 11.8 Å². The number of aromatic nitrogens is 3. The Morgan fingerprint density at radius 1 is 1.11 bits per heavy atom. The number of hydrogen-bond donors (Lipinski definition) is 1. The highest BCUT2D eigenvalue weighted by Gasteiger charge is 2.31. The fourth-order valence-corrected chi connectivity index (χ4v) is 6.03. The molecule has 0 saturated carbocycles. The maximum absolute atomic E-state index is 12.6. The highest BCUT2D eigenvalue weighted by atomic mass is 35.5. The Bertz CT molecular complexity index is 1660. The third-order valence-electron chi connectivity index (χ3n) is 7.06. The van der Waals surface area contributed by atoms with E-state index in [2.05, 4.69) is 43.9 Å². The number of ether oxygens (including phenoxy) is 1. The van der Waals surface area contributed by atoms with E-state index in [1.807, 2.05) is 42.5 Å². The molecule has 0 atom stereocenters. The number of urea groups is 1. The van der Waals surface area contributed by atoms with Gasteiger partial charge in [-0.2, -0.15) is 4.99 Å². The van der Waals surface area contributed by atoms with Gasteiger partial charge in [0.05, 0.1) is 5.69 Å². The third kappa shape index (κ3) is 8.79. The van der Waals surface area contributed by atoms with Crippen molar-refractivity contribution in [2.24, 2.45) is 4.99 Å². The smallest absolute Gasteiger partial charge is 0.406 e. The Kier molecular flexibility index (Phi) is 10.3. The van der Waals surface area contributed by atoms with E-state index in [1.165, 1.54) is 35.3 Å². The molecular formula is C32H32ClF3N6O2S. The number of amidine groups is 1. The van der Waals surface area contributed by atoms with Gasteiger partial charge in [-0.15, -0.1) is 18.3 Å². The molecule has 2 amide bonds. The van der Waals surface area contributed by atoms with Crippen molar-refractivity contribution in [1.29, 1.82) is 0 Å². The fraction of sp³-hybridized carbons (Fsp3) is 0.312. The predicted octanol–water partition coefficient (Wildman–Crippen LogP) is 8.25. The van der Waals surface area contributed by atoms with Crippen molar-refractivity contribution in [2.75, 3.05) is 23.7 Å². The number of aliphatic imine (C=N–C) groups is 1. The number of thioether (sulfide) groups is 1. The second-order valence-electron chi connectivity index (χ2n) is 10.7. The molecule has 2 heterocycles. The number of hydrogen-bond acceptors (Lipinski definition) is 5. The van der Waals surface area contributed by atoms with Gasteiger partial charge in [0.1, 0.15) is 12.1 Å². The Balaban J connectivity index is 1.11. The number of amides is 2. The van der Waals surface area contributed by atoms with Crippen LogP contribution in [0.4, 0.5) is 23.7 Å². The first-order chi connectivity index (χ1) is 21.6. The first kappa shape index (κ1) is 32.4. The predicted molar refractivity (Wildman–Crippen MR) is 173 cm³/mol. The van der Waals surface area contributed by atoms with Gasteiger partial charge in [0.15, 0.2) is 11.0 Å². The second-order valence-corrected chi connectivity index (χ2v) is 12.2. The summed E-state index contributed by atoms with van der Waals surface area (Å²) < 4.78 is 42.7. The van der Waals surface area contributed by atoms with Crippen molar-refractivity contribution in [2.45, 2.75) is 45.4 Å². The average Bonchev–Trinajstić information content (AvgIpc) is 3.67. The molecule has 0 spiro atoms. The number of carbonyl (C=O) groups is 1. The number of rotatable bonds is 10. The number of nitrogens with zero attached hydrogens (tertiary/aromatic N) is 5. The summed E-state index contributed by atoms with van der Waals surface area (Å²) in [6.07, 6.45) is -0.797. The number of anilines is 1. The zero-order valence-electron chi connectivity index (χ0n) is 24.7. The van der Waals surface area contributed by atoms with Crippen molar-refractivity contribution in [3.63, 3.8) is 0 Å². The molecule has 45 heavy (non-hydrogen) atoms. The molecule has 1 N–H and O–H groups in total. The van der Waals surface area contributed by atoms with Crippen LogP contribution in [0.15, 0.2) is 78.0 Å². The number of benzene rings is 3. The molecule has 1 saturated heterocycles. The topological polar surface area (TPSA) is 84.6 Å². The molecule has 1 aromatic heterocycles. The first-order valence-corrected chi connectivity index (χ1v) is 15.9. The highest BCUT2D eigenvalue weighted by molar-refractivity contribution is 8.14. The standard InChI is InChI=1S/C32H32ClF3N6O2S/c1-21(2)27-14-9-24(33)19-28(27)41-16-17-45-31(41)39-30(43)37-15-4-3-6-22-7-5-8-23(18-22)29-38-20-42(40-29)25-10-12-26(13-11-25)44-32(34,35)36/h5,7-14,18-21H,3-4,6,15-17H2,1-2H3,(H,37,43)/b39-31-. The van der Waals surface area contributed by atoms with E-state index < -0.39 is 6.36 Å². The van der Waals surface area contributed by atoms with Gasteiger partial charge in [0, 0.05) is 35.1 Å². The lowest BCUT2D eigenvalue weighted by Crippen LogP contribution is -2.28. The van der Waals surface area contributed by atoms with Crippen molar-refractivity contribution < 1.29 is 22.7 Å². The van der Waals surface area contributed by atoms with Crippen LogP contribution in [-0.2, 0) is 6.42 Å². The summed E-state index contributed by atoms with van der Waals surface area (Å²) in [4.78, 5) is 23.4. The van der Waals surface area contributed by atoms with Crippen molar-refractivity contribution in [3.8, 4) is 22.8 Å². The van der Waals surface area contributed by atoms with E-state index in [4.69, 9.17) is 11.6 Å². The number of unbranched alkanes of at least 4 members (excludes halogenated alkanes) is 1. The van der Waals surface area contributed by atoms with E-state index >= 15 is 0 Å². The van der Waals surface area contributed by atoms with E-state index in [1.54, 1.807) is 11.8 Å². The molecule has 4 aromatic rings. The van der Waals surface area contributed by atoms with Crippen LogP contribution in [0.2, 0.25) is 5.02 Å². The maximum atomic E-state index is 12.6. The minimum absolute atomic E-state index is 0.305. The number of aryl methyl sites for hydroxylation is 1. The zero-order valence-corrected chi connectivity index (χ0v) is 26.3. The summed E-state index contributed by atoms with van der Waals surface area (Å²) in [5.41, 5.74) is 4.63.